The van der Waals surface area contributed by atoms with E-state index < -0.39 is 35.0 Å². The van der Waals surface area contributed by atoms with Crippen LogP contribution in [-0.4, -0.2) is 11.6 Å². The Balaban J connectivity index is 1.63. The molecule has 1 aliphatic carbocycles. The quantitative estimate of drug-likeness (QED) is 0.233. The molecule has 1 aliphatic rings. The zero-order chi connectivity index (χ0) is 27.2. The monoisotopic (exact) mass is 526 g/mol. The highest BCUT2D eigenvalue weighted by atomic mass is 19.4. The molecule has 0 fully saturated rings. The van der Waals surface area contributed by atoms with Gasteiger partial charge in [0.1, 0.15) is 0 Å². The molecule has 0 saturated carbocycles. The second kappa shape index (κ2) is 9.05. The summed E-state index contributed by atoms with van der Waals surface area (Å²) in [4.78, 5) is 27.1. The zero-order valence-electron chi connectivity index (χ0n) is 19.2. The fourth-order valence-corrected chi connectivity index (χ4v) is 4.29. The Kier molecular flexibility index (Phi) is 5.97. The first-order valence-electron chi connectivity index (χ1n) is 11.2. The van der Waals surface area contributed by atoms with E-state index in [9.17, 15) is 35.9 Å². The Morgan fingerprint density at radius 1 is 0.500 bits per heavy atom. The molecule has 0 amide bonds. The maximum absolute atomic E-state index is 13.5. The summed E-state index contributed by atoms with van der Waals surface area (Å²) in [6, 6.07) is 17.5. The number of carbonyl (C=O) groups is 2. The van der Waals surface area contributed by atoms with E-state index in [0.29, 0.717) is 0 Å². The first-order chi connectivity index (χ1) is 17.9. The molecule has 0 radical (unpaired) electrons. The van der Waals surface area contributed by atoms with E-state index >= 15 is 0 Å². The second-order valence-corrected chi connectivity index (χ2v) is 8.52. The summed E-state index contributed by atoms with van der Waals surface area (Å²) in [5, 5.41) is 5.59. The number of halogens is 6. The molecule has 0 aliphatic heterocycles. The van der Waals surface area contributed by atoms with Crippen molar-refractivity contribution in [3.05, 3.63) is 118 Å². The van der Waals surface area contributed by atoms with Crippen molar-refractivity contribution in [2.75, 3.05) is 10.6 Å². The molecule has 38 heavy (non-hydrogen) atoms. The number of anilines is 4. The van der Waals surface area contributed by atoms with Crippen LogP contribution in [0.15, 0.2) is 84.9 Å². The van der Waals surface area contributed by atoms with Crippen molar-refractivity contribution in [1.29, 1.82) is 0 Å². The van der Waals surface area contributed by atoms with Crippen molar-refractivity contribution in [2.45, 2.75) is 12.4 Å². The van der Waals surface area contributed by atoms with Crippen molar-refractivity contribution >= 4 is 34.3 Å². The topological polar surface area (TPSA) is 58.2 Å². The molecule has 0 aromatic heterocycles. The number of alkyl halides is 6. The lowest BCUT2D eigenvalue weighted by atomic mass is 9.82. The Morgan fingerprint density at radius 2 is 0.895 bits per heavy atom. The summed E-state index contributed by atoms with van der Waals surface area (Å²) in [6.45, 7) is 0. The number of ketones is 2. The summed E-state index contributed by atoms with van der Waals surface area (Å²) < 4.78 is 79.3. The van der Waals surface area contributed by atoms with Crippen molar-refractivity contribution in [3.8, 4) is 0 Å². The number of rotatable bonds is 4. The molecule has 0 heterocycles. The largest absolute Gasteiger partial charge is 0.416 e. The van der Waals surface area contributed by atoms with Gasteiger partial charge in [-0.1, -0.05) is 36.4 Å². The van der Waals surface area contributed by atoms with Crippen LogP contribution >= 0.6 is 0 Å². The third-order valence-corrected chi connectivity index (χ3v) is 6.01. The molecule has 2 N–H and O–H groups in total. The number of hydrogen-bond acceptors (Lipinski definition) is 4. The van der Waals surface area contributed by atoms with Gasteiger partial charge in [0.15, 0.2) is 11.6 Å². The van der Waals surface area contributed by atoms with Gasteiger partial charge in [0.25, 0.3) is 0 Å². The SMILES string of the molecule is O=C1c2ccccc2C(=O)c2c(Nc3cccc(C(F)(F)F)c3)ccc(Nc3cccc(C(F)(F)F)c3)c21. The third-order valence-electron chi connectivity index (χ3n) is 6.01. The predicted molar refractivity (Wildman–Crippen MR) is 129 cm³/mol. The van der Waals surface area contributed by atoms with E-state index in [1.807, 2.05) is 0 Å². The van der Waals surface area contributed by atoms with Crippen LogP contribution in [-0.2, 0) is 12.4 Å². The highest BCUT2D eigenvalue weighted by Gasteiger charge is 2.35. The van der Waals surface area contributed by atoms with Crippen molar-refractivity contribution in [2.24, 2.45) is 0 Å². The number of fused-ring (bicyclic) bond motifs is 2. The molecular formula is C28H16F6N2O2. The van der Waals surface area contributed by atoms with Gasteiger partial charge in [0.2, 0.25) is 0 Å². The van der Waals surface area contributed by atoms with E-state index in [1.165, 1.54) is 48.5 Å². The normalized spacial score (nSPS) is 13.1. The van der Waals surface area contributed by atoms with Gasteiger partial charge in [-0.15, -0.1) is 0 Å². The summed E-state index contributed by atoms with van der Waals surface area (Å²) in [7, 11) is 0. The summed E-state index contributed by atoms with van der Waals surface area (Å²) in [6.07, 6.45) is -9.19. The molecule has 0 spiro atoms. The first-order valence-corrected chi connectivity index (χ1v) is 11.2. The lowest BCUT2D eigenvalue weighted by Gasteiger charge is -2.24. The van der Waals surface area contributed by atoms with E-state index in [4.69, 9.17) is 0 Å². The van der Waals surface area contributed by atoms with Crippen molar-refractivity contribution in [1.82, 2.24) is 0 Å². The maximum atomic E-state index is 13.5. The molecule has 192 valence electrons. The molecule has 0 atom stereocenters. The molecule has 4 aromatic rings. The maximum Gasteiger partial charge on any atom is 0.416 e. The van der Waals surface area contributed by atoms with Gasteiger partial charge < -0.3 is 10.6 Å². The standard InChI is InChI=1S/C28H16F6N2O2/c29-27(30,31)15-5-3-7-17(13-15)35-21-11-12-22(36-18-8-4-6-16(14-18)28(32,33)34)24-23(21)25(37)19-9-1-2-10-20(19)26(24)38/h1-14,35-36H. The van der Waals surface area contributed by atoms with Gasteiger partial charge >= 0.3 is 12.4 Å². The van der Waals surface area contributed by atoms with Crippen molar-refractivity contribution in [3.63, 3.8) is 0 Å². The van der Waals surface area contributed by atoms with Gasteiger partial charge in [-0.3, -0.25) is 9.59 Å². The van der Waals surface area contributed by atoms with Crippen LogP contribution in [0, 0.1) is 0 Å². The molecule has 0 bridgehead atoms. The van der Waals surface area contributed by atoms with Crippen LogP contribution in [0.3, 0.4) is 0 Å². The summed E-state index contributed by atoms with van der Waals surface area (Å²) in [5.41, 5.74) is -1.63. The number of nitrogens with one attached hydrogen (secondary N) is 2. The third kappa shape index (κ3) is 4.60. The Hall–Kier alpha value is -4.60. The highest BCUT2D eigenvalue weighted by molar-refractivity contribution is 6.32. The van der Waals surface area contributed by atoms with Gasteiger partial charge in [-0.25, -0.2) is 0 Å². The van der Waals surface area contributed by atoms with Crippen LogP contribution in [0.2, 0.25) is 0 Å². The molecule has 10 heteroatoms. The van der Waals surface area contributed by atoms with Crippen LogP contribution in [0.1, 0.15) is 43.0 Å². The van der Waals surface area contributed by atoms with Crippen LogP contribution in [0.25, 0.3) is 0 Å². The number of hydrogen-bond donors (Lipinski definition) is 2. The fourth-order valence-electron chi connectivity index (χ4n) is 4.29. The lowest BCUT2D eigenvalue weighted by molar-refractivity contribution is -0.138. The minimum atomic E-state index is -4.60. The Bertz CT molecular complexity index is 1470. The van der Waals surface area contributed by atoms with Crippen LogP contribution in [0.5, 0.6) is 0 Å². The number of carbonyl (C=O) groups excluding carboxylic acids is 2. The average molecular weight is 526 g/mol. The average Bonchev–Trinajstić information content (AvgIpc) is 2.87. The van der Waals surface area contributed by atoms with Crippen LogP contribution in [0.4, 0.5) is 49.1 Å². The van der Waals surface area contributed by atoms with Gasteiger partial charge in [-0.05, 0) is 48.5 Å². The minimum absolute atomic E-state index is 0.0275. The van der Waals surface area contributed by atoms with Gasteiger partial charge in [-0.2, -0.15) is 26.3 Å². The summed E-state index contributed by atoms with van der Waals surface area (Å²) in [5.74, 6) is -1.12. The molecule has 5 rings (SSSR count). The molecule has 4 aromatic carbocycles. The van der Waals surface area contributed by atoms with Crippen LogP contribution < -0.4 is 10.6 Å². The molecule has 0 saturated heterocycles. The molecule has 0 unspecified atom stereocenters. The number of benzene rings is 4. The second-order valence-electron chi connectivity index (χ2n) is 8.52. The lowest BCUT2D eigenvalue weighted by Crippen LogP contribution is -2.23. The highest BCUT2D eigenvalue weighted by Crippen LogP contribution is 2.40. The van der Waals surface area contributed by atoms with E-state index in [0.717, 1.165) is 24.3 Å². The van der Waals surface area contributed by atoms with E-state index in [2.05, 4.69) is 10.6 Å². The summed E-state index contributed by atoms with van der Waals surface area (Å²) >= 11 is 0. The van der Waals surface area contributed by atoms with Gasteiger partial charge in [0, 0.05) is 22.5 Å². The Labute approximate surface area is 211 Å². The molecule has 4 nitrogen and oxygen atoms in total. The zero-order valence-corrected chi connectivity index (χ0v) is 19.2. The minimum Gasteiger partial charge on any atom is -0.355 e. The smallest absolute Gasteiger partial charge is 0.355 e. The first kappa shape index (κ1) is 25.1. The fraction of sp³-hybridized carbons (Fsp3) is 0.0714. The van der Waals surface area contributed by atoms with E-state index in [1.54, 1.807) is 12.1 Å². The molecular weight excluding hydrogens is 510 g/mol. The predicted octanol–water partition coefficient (Wildman–Crippen LogP) is 7.99. The van der Waals surface area contributed by atoms with Gasteiger partial charge in [0.05, 0.1) is 33.6 Å². The van der Waals surface area contributed by atoms with Crippen molar-refractivity contribution < 1.29 is 35.9 Å². The Morgan fingerprint density at radius 3 is 1.26 bits per heavy atom. The van der Waals surface area contributed by atoms with E-state index in [-0.39, 0.29) is 45.0 Å².